The average Bonchev–Trinajstić information content (AvgIpc) is 2.67. The monoisotopic (exact) mass is 467 g/mol. The summed E-state index contributed by atoms with van der Waals surface area (Å²) in [6, 6.07) is 8.34. The van der Waals surface area contributed by atoms with Gasteiger partial charge in [-0.25, -0.2) is 9.18 Å². The number of likely N-dealkylation sites (N-methyl/N-ethyl adjacent to an activating group) is 1. The van der Waals surface area contributed by atoms with Gasteiger partial charge >= 0.3 is 5.69 Å². The predicted molar refractivity (Wildman–Crippen MR) is 109 cm³/mol. The third kappa shape index (κ3) is 3.62. The number of carbonyl (C=O) groups is 1. The largest absolute Gasteiger partial charge is 0.357 e. The minimum Gasteiger partial charge on any atom is -0.357 e. The van der Waals surface area contributed by atoms with Crippen LogP contribution in [0.25, 0.3) is 10.9 Å². The lowest BCUT2D eigenvalue weighted by Crippen LogP contribution is -2.44. The summed E-state index contributed by atoms with van der Waals surface area (Å²) in [7, 11) is 1.44. The van der Waals surface area contributed by atoms with Crippen molar-refractivity contribution in [3.63, 3.8) is 0 Å². The Labute approximate surface area is 172 Å². The van der Waals surface area contributed by atoms with Crippen LogP contribution in [0.2, 0.25) is 5.02 Å². The minimum atomic E-state index is -0.932. The topological polar surface area (TPSA) is 73.1 Å². The van der Waals surface area contributed by atoms with Crippen molar-refractivity contribution in [2.24, 2.45) is 0 Å². The molecule has 1 N–H and O–H groups in total. The van der Waals surface area contributed by atoms with E-state index in [0.29, 0.717) is 5.56 Å². The van der Waals surface area contributed by atoms with Crippen LogP contribution < -0.4 is 16.6 Å². The van der Waals surface area contributed by atoms with Gasteiger partial charge in [-0.05, 0) is 36.8 Å². The average molecular weight is 469 g/mol. The van der Waals surface area contributed by atoms with E-state index in [0.717, 1.165) is 19.7 Å². The van der Waals surface area contributed by atoms with E-state index in [1.807, 2.05) is 0 Å². The number of carbonyl (C=O) groups excluding carboxylic acids is 1. The second-order valence-electron chi connectivity index (χ2n) is 6.24. The molecule has 0 spiro atoms. The van der Waals surface area contributed by atoms with Crippen molar-refractivity contribution in [2.45, 2.75) is 19.5 Å². The van der Waals surface area contributed by atoms with Crippen LogP contribution in [0.5, 0.6) is 0 Å². The number of nitrogens with zero attached hydrogens (tertiary/aromatic N) is 2. The van der Waals surface area contributed by atoms with Crippen LogP contribution in [0, 0.1) is 5.82 Å². The zero-order valence-corrected chi connectivity index (χ0v) is 17.3. The van der Waals surface area contributed by atoms with Crippen LogP contribution >= 0.6 is 27.5 Å². The maximum absolute atomic E-state index is 14.0. The molecule has 0 bridgehead atoms. The molecule has 1 aromatic heterocycles. The van der Waals surface area contributed by atoms with Crippen molar-refractivity contribution in [3.8, 4) is 0 Å². The molecule has 1 heterocycles. The molecule has 0 aliphatic rings. The van der Waals surface area contributed by atoms with Crippen LogP contribution in [0.4, 0.5) is 4.39 Å². The lowest BCUT2D eigenvalue weighted by Gasteiger charge is -2.19. The zero-order chi connectivity index (χ0) is 20.6. The molecular weight excluding hydrogens is 453 g/mol. The van der Waals surface area contributed by atoms with Crippen molar-refractivity contribution < 1.29 is 9.18 Å². The Kier molecular flexibility index (Phi) is 5.71. The summed E-state index contributed by atoms with van der Waals surface area (Å²) in [5.41, 5.74) is -0.530. The fourth-order valence-electron chi connectivity index (χ4n) is 2.98. The Balaban J connectivity index is 2.34. The minimum absolute atomic E-state index is 0.0222. The summed E-state index contributed by atoms with van der Waals surface area (Å²) in [6.45, 7) is 1.50. The quantitative estimate of drug-likeness (QED) is 0.640. The molecule has 9 heteroatoms. The van der Waals surface area contributed by atoms with Crippen molar-refractivity contribution >= 4 is 44.3 Å². The number of hydrogen-bond donors (Lipinski definition) is 1. The van der Waals surface area contributed by atoms with Gasteiger partial charge in [-0.2, -0.15) is 0 Å². The number of halogens is 3. The molecule has 0 aliphatic heterocycles. The second kappa shape index (κ2) is 7.89. The number of aromatic nitrogens is 2. The number of amides is 1. The second-order valence-corrected chi connectivity index (χ2v) is 7.57. The van der Waals surface area contributed by atoms with Crippen LogP contribution in [0.3, 0.4) is 0 Å². The van der Waals surface area contributed by atoms with Crippen LogP contribution in [0.1, 0.15) is 18.5 Å². The van der Waals surface area contributed by atoms with Gasteiger partial charge in [0.25, 0.3) is 5.56 Å². The Morgan fingerprint density at radius 3 is 2.50 bits per heavy atom. The zero-order valence-electron chi connectivity index (χ0n) is 15.0. The molecule has 0 aliphatic carbocycles. The van der Waals surface area contributed by atoms with Gasteiger partial charge in [-0.3, -0.25) is 18.7 Å². The first-order chi connectivity index (χ1) is 13.2. The van der Waals surface area contributed by atoms with Crippen molar-refractivity contribution in [1.82, 2.24) is 14.5 Å². The number of fused-ring (bicyclic) bond motifs is 1. The molecule has 0 fully saturated rings. The van der Waals surface area contributed by atoms with Gasteiger partial charge in [0.1, 0.15) is 11.9 Å². The van der Waals surface area contributed by atoms with E-state index in [9.17, 15) is 18.8 Å². The maximum Gasteiger partial charge on any atom is 0.332 e. The number of benzene rings is 2. The summed E-state index contributed by atoms with van der Waals surface area (Å²) < 4.78 is 17.0. The molecule has 1 atom stereocenters. The molecule has 2 aromatic carbocycles. The molecule has 0 saturated carbocycles. The highest BCUT2D eigenvalue weighted by Crippen LogP contribution is 2.22. The first-order valence-electron chi connectivity index (χ1n) is 8.34. The van der Waals surface area contributed by atoms with E-state index in [1.165, 1.54) is 20.0 Å². The Morgan fingerprint density at radius 1 is 1.25 bits per heavy atom. The fourth-order valence-corrected chi connectivity index (χ4v) is 3.41. The number of nitrogens with one attached hydrogen (secondary N) is 1. The molecule has 146 valence electrons. The van der Waals surface area contributed by atoms with E-state index in [1.54, 1.807) is 24.3 Å². The highest BCUT2D eigenvalue weighted by atomic mass is 79.9. The molecule has 3 aromatic rings. The first kappa shape index (κ1) is 20.3. The normalized spacial score (nSPS) is 12.2. The maximum atomic E-state index is 14.0. The molecule has 0 saturated heterocycles. The Bertz CT molecular complexity index is 1190. The third-order valence-electron chi connectivity index (χ3n) is 4.48. The van der Waals surface area contributed by atoms with Crippen LogP contribution in [-0.4, -0.2) is 22.1 Å². The Morgan fingerprint density at radius 2 is 1.89 bits per heavy atom. The van der Waals surface area contributed by atoms with Gasteiger partial charge in [-0.15, -0.1) is 0 Å². The highest BCUT2D eigenvalue weighted by molar-refractivity contribution is 9.10. The summed E-state index contributed by atoms with van der Waals surface area (Å²) >= 11 is 9.19. The van der Waals surface area contributed by atoms with E-state index >= 15 is 0 Å². The number of rotatable bonds is 4. The fraction of sp³-hybridized carbons (Fsp3) is 0.211. The summed E-state index contributed by atoms with van der Waals surface area (Å²) in [4.78, 5) is 38.2. The molecule has 28 heavy (non-hydrogen) atoms. The third-order valence-corrected chi connectivity index (χ3v) is 5.30. The molecule has 0 radical (unpaired) electrons. The highest BCUT2D eigenvalue weighted by Gasteiger charge is 2.22. The first-order valence-corrected chi connectivity index (χ1v) is 9.51. The SMILES string of the molecule is CNC(=O)C(C)n1c(=O)n(Cc2ccc(Br)cc2)c(=O)c2cc(F)c(Cl)cc21. The van der Waals surface area contributed by atoms with Gasteiger partial charge < -0.3 is 5.32 Å². The summed E-state index contributed by atoms with van der Waals surface area (Å²) in [6.07, 6.45) is 0. The van der Waals surface area contributed by atoms with E-state index in [-0.39, 0.29) is 22.5 Å². The molecule has 1 amide bonds. The van der Waals surface area contributed by atoms with E-state index in [4.69, 9.17) is 11.6 Å². The molecule has 1 unspecified atom stereocenters. The van der Waals surface area contributed by atoms with Crippen molar-refractivity contribution in [3.05, 3.63) is 78.1 Å². The van der Waals surface area contributed by atoms with Gasteiger partial charge in [0.2, 0.25) is 5.91 Å². The van der Waals surface area contributed by atoms with Gasteiger partial charge in [0, 0.05) is 11.5 Å². The van der Waals surface area contributed by atoms with Crippen LogP contribution in [-0.2, 0) is 11.3 Å². The van der Waals surface area contributed by atoms with Gasteiger partial charge in [-0.1, -0.05) is 39.7 Å². The van der Waals surface area contributed by atoms with E-state index in [2.05, 4.69) is 21.2 Å². The standard InChI is InChI=1S/C19H16BrClFN3O3/c1-10(17(26)23-2)25-16-8-14(21)15(22)7-13(16)18(27)24(19(25)28)9-11-3-5-12(20)6-4-11/h3-8,10H,9H2,1-2H3,(H,23,26). The van der Waals surface area contributed by atoms with Gasteiger partial charge in [0.15, 0.2) is 0 Å². The van der Waals surface area contributed by atoms with E-state index < -0.39 is 29.0 Å². The smallest absolute Gasteiger partial charge is 0.332 e. The lowest BCUT2D eigenvalue weighted by molar-refractivity contribution is -0.123. The van der Waals surface area contributed by atoms with Crippen molar-refractivity contribution in [1.29, 1.82) is 0 Å². The van der Waals surface area contributed by atoms with Crippen molar-refractivity contribution in [2.75, 3.05) is 7.05 Å². The molecule has 3 rings (SSSR count). The Hall–Kier alpha value is -2.45. The van der Waals surface area contributed by atoms with Gasteiger partial charge in [0.05, 0.1) is 22.5 Å². The molecule has 6 nitrogen and oxygen atoms in total. The molecular formula is C19H16BrClFN3O3. The number of hydrogen-bond acceptors (Lipinski definition) is 3. The predicted octanol–water partition coefficient (Wildman–Crippen LogP) is 3.07. The summed E-state index contributed by atoms with van der Waals surface area (Å²) in [5.74, 6) is -1.21. The summed E-state index contributed by atoms with van der Waals surface area (Å²) in [5, 5.41) is 2.20. The van der Waals surface area contributed by atoms with Crippen LogP contribution in [0.15, 0.2) is 50.5 Å². The lowest BCUT2D eigenvalue weighted by atomic mass is 10.2.